The van der Waals surface area contributed by atoms with Crippen LogP contribution in [0.5, 0.6) is 0 Å². The van der Waals surface area contributed by atoms with Crippen molar-refractivity contribution in [1.82, 2.24) is 0 Å². The van der Waals surface area contributed by atoms with Gasteiger partial charge >= 0.3 is 0 Å². The van der Waals surface area contributed by atoms with Crippen LogP contribution in [0.2, 0.25) is 0 Å². The Balaban J connectivity index is 2.01. The Morgan fingerprint density at radius 1 is 1.56 bits per heavy atom. The predicted octanol–water partition coefficient (Wildman–Crippen LogP) is 2.87. The summed E-state index contributed by atoms with van der Waals surface area (Å²) < 4.78 is 6.06. The van der Waals surface area contributed by atoms with Crippen LogP contribution < -0.4 is 0 Å². The molecular formula is C14H20O2. The second kappa shape index (κ2) is 3.19. The van der Waals surface area contributed by atoms with E-state index in [4.69, 9.17) is 4.74 Å². The SMILES string of the molecule is CCC[C@@H]1CC[C@]23O[C@H](C=CC2=O)C[C@@]13C. The maximum Gasteiger partial charge on any atom is 0.187 e. The van der Waals surface area contributed by atoms with E-state index in [1.807, 2.05) is 6.08 Å². The van der Waals surface area contributed by atoms with E-state index in [0.717, 1.165) is 19.3 Å². The van der Waals surface area contributed by atoms with Crippen molar-refractivity contribution < 1.29 is 9.53 Å². The summed E-state index contributed by atoms with van der Waals surface area (Å²) in [7, 11) is 0. The molecule has 0 unspecified atom stereocenters. The molecule has 1 saturated heterocycles. The molecule has 0 aromatic carbocycles. The van der Waals surface area contributed by atoms with Gasteiger partial charge in [0.2, 0.25) is 0 Å². The van der Waals surface area contributed by atoms with Crippen LogP contribution >= 0.6 is 0 Å². The Morgan fingerprint density at radius 3 is 3.12 bits per heavy atom. The van der Waals surface area contributed by atoms with E-state index in [-0.39, 0.29) is 17.3 Å². The lowest BCUT2D eigenvalue weighted by Crippen LogP contribution is -2.48. The molecule has 2 aliphatic heterocycles. The maximum atomic E-state index is 12.2. The highest BCUT2D eigenvalue weighted by Crippen LogP contribution is 2.62. The Labute approximate surface area is 97.1 Å². The summed E-state index contributed by atoms with van der Waals surface area (Å²) in [5.74, 6) is 0.897. The molecule has 0 aromatic rings. The van der Waals surface area contributed by atoms with Crippen LogP contribution in [0.4, 0.5) is 0 Å². The first-order chi connectivity index (χ1) is 7.62. The van der Waals surface area contributed by atoms with Gasteiger partial charge in [0.15, 0.2) is 5.78 Å². The largest absolute Gasteiger partial charge is 0.359 e. The van der Waals surface area contributed by atoms with Gasteiger partial charge in [-0.15, -0.1) is 0 Å². The highest BCUT2D eigenvalue weighted by Gasteiger charge is 2.67. The molecule has 1 aliphatic carbocycles. The molecule has 0 amide bonds. The van der Waals surface area contributed by atoms with Crippen molar-refractivity contribution in [1.29, 1.82) is 0 Å². The molecule has 4 atom stereocenters. The number of fused-ring (bicyclic) bond motifs is 1. The van der Waals surface area contributed by atoms with E-state index in [1.54, 1.807) is 6.08 Å². The van der Waals surface area contributed by atoms with Crippen LogP contribution in [0.25, 0.3) is 0 Å². The summed E-state index contributed by atoms with van der Waals surface area (Å²) in [6.45, 7) is 4.52. The van der Waals surface area contributed by atoms with Crippen LogP contribution in [-0.2, 0) is 9.53 Å². The van der Waals surface area contributed by atoms with E-state index in [9.17, 15) is 4.79 Å². The van der Waals surface area contributed by atoms with Crippen LogP contribution in [0.3, 0.4) is 0 Å². The second-order valence-electron chi connectivity index (χ2n) is 5.85. The molecule has 0 aromatic heterocycles. The lowest BCUT2D eigenvalue weighted by Gasteiger charge is -2.38. The smallest absolute Gasteiger partial charge is 0.187 e. The molecule has 3 rings (SSSR count). The minimum atomic E-state index is -0.452. The monoisotopic (exact) mass is 220 g/mol. The Bertz CT molecular complexity index is 360. The first kappa shape index (κ1) is 10.5. The van der Waals surface area contributed by atoms with Crippen molar-refractivity contribution in [2.24, 2.45) is 11.3 Å². The van der Waals surface area contributed by atoms with Crippen LogP contribution in [-0.4, -0.2) is 17.5 Å². The predicted molar refractivity (Wildman–Crippen MR) is 62.1 cm³/mol. The molecule has 2 heterocycles. The van der Waals surface area contributed by atoms with E-state index in [1.165, 1.54) is 12.8 Å². The van der Waals surface area contributed by atoms with Gasteiger partial charge in [-0.25, -0.2) is 0 Å². The van der Waals surface area contributed by atoms with Gasteiger partial charge in [0.05, 0.1) is 6.10 Å². The van der Waals surface area contributed by atoms with E-state index >= 15 is 0 Å². The summed E-state index contributed by atoms with van der Waals surface area (Å²) >= 11 is 0. The fourth-order valence-electron chi connectivity index (χ4n) is 4.27. The van der Waals surface area contributed by atoms with Crippen molar-refractivity contribution in [3.05, 3.63) is 12.2 Å². The average Bonchev–Trinajstić information content (AvgIpc) is 2.64. The molecule has 0 radical (unpaired) electrons. The van der Waals surface area contributed by atoms with E-state index < -0.39 is 5.60 Å². The Kier molecular flexibility index (Phi) is 2.10. The van der Waals surface area contributed by atoms with Crippen molar-refractivity contribution in [3.63, 3.8) is 0 Å². The van der Waals surface area contributed by atoms with Crippen molar-refractivity contribution in [2.75, 3.05) is 0 Å². The summed E-state index contributed by atoms with van der Waals surface area (Å²) in [4.78, 5) is 12.2. The average molecular weight is 220 g/mol. The second-order valence-corrected chi connectivity index (χ2v) is 5.85. The number of ether oxygens (including phenoxy) is 1. The fourth-order valence-corrected chi connectivity index (χ4v) is 4.27. The quantitative estimate of drug-likeness (QED) is 0.715. The van der Waals surface area contributed by atoms with E-state index in [0.29, 0.717) is 5.92 Å². The van der Waals surface area contributed by atoms with Gasteiger partial charge in [-0.1, -0.05) is 32.8 Å². The normalized spacial score (nSPS) is 49.8. The van der Waals surface area contributed by atoms with Gasteiger partial charge < -0.3 is 4.74 Å². The van der Waals surface area contributed by atoms with Crippen LogP contribution in [0.15, 0.2) is 12.2 Å². The summed E-state index contributed by atoms with van der Waals surface area (Å²) in [6, 6.07) is 0. The van der Waals surface area contributed by atoms with Crippen LogP contribution in [0, 0.1) is 11.3 Å². The summed E-state index contributed by atoms with van der Waals surface area (Å²) in [5.41, 5.74) is -0.361. The van der Waals surface area contributed by atoms with Gasteiger partial charge in [-0.2, -0.15) is 0 Å². The zero-order valence-electron chi connectivity index (χ0n) is 10.2. The molecule has 2 heteroatoms. The highest BCUT2D eigenvalue weighted by molar-refractivity contribution is 5.99. The number of carbonyl (C=O) groups excluding carboxylic acids is 1. The molecule has 0 N–H and O–H groups in total. The number of carbonyl (C=O) groups is 1. The zero-order valence-corrected chi connectivity index (χ0v) is 10.2. The van der Waals surface area contributed by atoms with Crippen molar-refractivity contribution >= 4 is 5.78 Å². The lowest BCUT2D eigenvalue weighted by molar-refractivity contribution is -0.146. The van der Waals surface area contributed by atoms with Gasteiger partial charge in [0.1, 0.15) is 5.60 Å². The molecule has 2 fully saturated rings. The Hall–Kier alpha value is -0.630. The summed E-state index contributed by atoms with van der Waals surface area (Å²) in [6.07, 6.45) is 9.52. The number of hydrogen-bond acceptors (Lipinski definition) is 2. The van der Waals surface area contributed by atoms with Gasteiger partial charge in [-0.05, 0) is 31.3 Å². The fraction of sp³-hybridized carbons (Fsp3) is 0.786. The molecule has 16 heavy (non-hydrogen) atoms. The molecule has 1 saturated carbocycles. The number of rotatable bonds is 2. The minimum absolute atomic E-state index is 0.0915. The molecular weight excluding hydrogens is 200 g/mol. The van der Waals surface area contributed by atoms with Gasteiger partial charge in [0, 0.05) is 5.41 Å². The third kappa shape index (κ3) is 1.04. The first-order valence-electron chi connectivity index (χ1n) is 6.53. The standard InChI is InChI=1S/C14H20O2/c1-3-4-10-7-8-14-12(15)6-5-11(16-14)9-13(10,14)2/h5-6,10-11H,3-4,7-9H2,1-2H3/t10-,11-,13+,14+/m1/s1. The van der Waals surface area contributed by atoms with Gasteiger partial charge in [0.25, 0.3) is 0 Å². The Morgan fingerprint density at radius 2 is 2.38 bits per heavy atom. The van der Waals surface area contributed by atoms with Gasteiger partial charge in [-0.3, -0.25) is 4.79 Å². The number of ketones is 1. The molecule has 2 nitrogen and oxygen atoms in total. The van der Waals surface area contributed by atoms with E-state index in [2.05, 4.69) is 13.8 Å². The summed E-state index contributed by atoms with van der Waals surface area (Å²) in [5, 5.41) is 0. The van der Waals surface area contributed by atoms with Crippen molar-refractivity contribution in [2.45, 2.75) is 57.7 Å². The molecule has 1 spiro atoms. The molecule has 3 aliphatic rings. The number of hydrogen-bond donors (Lipinski definition) is 0. The molecule has 88 valence electrons. The minimum Gasteiger partial charge on any atom is -0.359 e. The maximum absolute atomic E-state index is 12.2. The zero-order chi connectivity index (χ0) is 11.4. The van der Waals surface area contributed by atoms with Crippen LogP contribution in [0.1, 0.15) is 46.0 Å². The molecule has 2 bridgehead atoms. The third-order valence-corrected chi connectivity index (χ3v) is 5.14. The first-order valence-corrected chi connectivity index (χ1v) is 6.53. The topological polar surface area (TPSA) is 26.3 Å². The lowest BCUT2D eigenvalue weighted by atomic mass is 9.68. The van der Waals surface area contributed by atoms with Crippen molar-refractivity contribution in [3.8, 4) is 0 Å². The highest BCUT2D eigenvalue weighted by atomic mass is 16.5. The third-order valence-electron chi connectivity index (χ3n) is 5.14.